The van der Waals surface area contributed by atoms with Gasteiger partial charge >= 0.3 is 0 Å². The number of benzene rings is 1. The van der Waals surface area contributed by atoms with E-state index in [9.17, 15) is 0 Å². The fourth-order valence-electron chi connectivity index (χ4n) is 1.41. The lowest BCUT2D eigenvalue weighted by atomic mass is 10.1. The highest BCUT2D eigenvalue weighted by Crippen LogP contribution is 2.32. The third-order valence-corrected chi connectivity index (χ3v) is 2.45. The van der Waals surface area contributed by atoms with Gasteiger partial charge in [-0.15, -0.1) is 0 Å². The largest absolute Gasteiger partial charge is 0.494 e. The molecule has 0 amide bonds. The fraction of sp³-hybridized carbons (Fsp3) is 0.0833. The van der Waals surface area contributed by atoms with Gasteiger partial charge in [0.1, 0.15) is 11.4 Å². The molecule has 0 radical (unpaired) electrons. The van der Waals surface area contributed by atoms with Crippen LogP contribution in [-0.4, -0.2) is 12.1 Å². The molecule has 0 unspecified atom stereocenters. The SMILES string of the molecule is COc1cccnc1-c1ccccc1Cl. The standard InChI is InChI=1S/C12H10ClNO/c1-15-11-7-4-8-14-12(11)9-5-2-3-6-10(9)13/h2-8H,1H3. The molecule has 0 bridgehead atoms. The molecule has 0 atom stereocenters. The molecule has 1 aromatic carbocycles. The Hall–Kier alpha value is -1.54. The van der Waals surface area contributed by atoms with Gasteiger partial charge in [-0.25, -0.2) is 0 Å². The van der Waals surface area contributed by atoms with E-state index in [0.29, 0.717) is 5.02 Å². The number of aromatic nitrogens is 1. The van der Waals surface area contributed by atoms with Crippen LogP contribution in [0.25, 0.3) is 11.3 Å². The molecule has 15 heavy (non-hydrogen) atoms. The van der Waals surface area contributed by atoms with Gasteiger partial charge in [0.15, 0.2) is 0 Å². The van der Waals surface area contributed by atoms with Gasteiger partial charge in [-0.3, -0.25) is 4.98 Å². The van der Waals surface area contributed by atoms with Crippen LogP contribution in [0, 0.1) is 0 Å². The van der Waals surface area contributed by atoms with E-state index in [2.05, 4.69) is 4.98 Å². The molecule has 2 rings (SSSR count). The molecular weight excluding hydrogens is 210 g/mol. The molecule has 3 heteroatoms. The minimum Gasteiger partial charge on any atom is -0.494 e. The van der Waals surface area contributed by atoms with Crippen molar-refractivity contribution in [1.82, 2.24) is 4.98 Å². The van der Waals surface area contributed by atoms with Crippen molar-refractivity contribution in [3.63, 3.8) is 0 Å². The smallest absolute Gasteiger partial charge is 0.145 e. The third-order valence-electron chi connectivity index (χ3n) is 2.12. The predicted octanol–water partition coefficient (Wildman–Crippen LogP) is 3.41. The minimum absolute atomic E-state index is 0.675. The van der Waals surface area contributed by atoms with E-state index in [4.69, 9.17) is 16.3 Å². The zero-order valence-corrected chi connectivity index (χ0v) is 9.03. The summed E-state index contributed by atoms with van der Waals surface area (Å²) in [7, 11) is 1.62. The van der Waals surface area contributed by atoms with Crippen molar-refractivity contribution in [2.24, 2.45) is 0 Å². The Morgan fingerprint density at radius 1 is 1.13 bits per heavy atom. The van der Waals surface area contributed by atoms with Crippen LogP contribution in [0.3, 0.4) is 0 Å². The van der Waals surface area contributed by atoms with Gasteiger partial charge in [0.25, 0.3) is 0 Å². The zero-order valence-electron chi connectivity index (χ0n) is 8.27. The number of ether oxygens (including phenoxy) is 1. The van der Waals surface area contributed by atoms with Gasteiger partial charge in [-0.2, -0.15) is 0 Å². The Morgan fingerprint density at radius 3 is 2.67 bits per heavy atom. The van der Waals surface area contributed by atoms with E-state index in [-0.39, 0.29) is 0 Å². The summed E-state index contributed by atoms with van der Waals surface area (Å²) in [4.78, 5) is 4.27. The Bertz CT molecular complexity index is 471. The number of hydrogen-bond acceptors (Lipinski definition) is 2. The first-order valence-corrected chi connectivity index (χ1v) is 4.94. The highest BCUT2D eigenvalue weighted by atomic mass is 35.5. The summed E-state index contributed by atoms with van der Waals surface area (Å²) in [5.41, 5.74) is 1.65. The van der Waals surface area contributed by atoms with E-state index in [1.54, 1.807) is 13.3 Å². The second kappa shape index (κ2) is 4.32. The summed E-state index contributed by atoms with van der Waals surface area (Å²) in [5, 5.41) is 0.675. The predicted molar refractivity (Wildman–Crippen MR) is 61.2 cm³/mol. The number of halogens is 1. The quantitative estimate of drug-likeness (QED) is 0.772. The molecule has 0 N–H and O–H groups in total. The average Bonchev–Trinajstić information content (AvgIpc) is 2.30. The van der Waals surface area contributed by atoms with Crippen LogP contribution in [0.1, 0.15) is 0 Å². The first kappa shape index (κ1) is 9.99. The van der Waals surface area contributed by atoms with Gasteiger partial charge in [0, 0.05) is 11.8 Å². The normalized spacial score (nSPS) is 10.0. The van der Waals surface area contributed by atoms with Crippen molar-refractivity contribution in [3.05, 3.63) is 47.6 Å². The van der Waals surface area contributed by atoms with E-state index in [0.717, 1.165) is 17.0 Å². The molecule has 0 fully saturated rings. The van der Waals surface area contributed by atoms with Crippen LogP contribution in [0.2, 0.25) is 5.02 Å². The first-order chi connectivity index (χ1) is 7.33. The molecule has 1 aromatic heterocycles. The molecule has 0 saturated carbocycles. The highest BCUT2D eigenvalue weighted by Gasteiger charge is 2.08. The molecule has 0 aliphatic heterocycles. The second-order valence-corrected chi connectivity index (χ2v) is 3.44. The maximum atomic E-state index is 6.09. The molecule has 0 saturated heterocycles. The van der Waals surface area contributed by atoms with Gasteiger partial charge < -0.3 is 4.74 Å². The Labute approximate surface area is 93.5 Å². The van der Waals surface area contributed by atoms with E-state index >= 15 is 0 Å². The van der Waals surface area contributed by atoms with Gasteiger partial charge in [0.2, 0.25) is 0 Å². The van der Waals surface area contributed by atoms with Crippen LogP contribution < -0.4 is 4.74 Å². The van der Waals surface area contributed by atoms with Gasteiger partial charge in [-0.1, -0.05) is 29.8 Å². The third kappa shape index (κ3) is 1.95. The van der Waals surface area contributed by atoms with Crippen LogP contribution in [0.5, 0.6) is 5.75 Å². The van der Waals surface area contributed by atoms with Crippen LogP contribution in [-0.2, 0) is 0 Å². The number of methoxy groups -OCH3 is 1. The van der Waals surface area contributed by atoms with Crippen molar-refractivity contribution in [1.29, 1.82) is 0 Å². The number of pyridine rings is 1. The Kier molecular flexibility index (Phi) is 2.88. The van der Waals surface area contributed by atoms with Crippen LogP contribution in [0.15, 0.2) is 42.6 Å². The number of rotatable bonds is 2. The first-order valence-electron chi connectivity index (χ1n) is 4.57. The highest BCUT2D eigenvalue weighted by molar-refractivity contribution is 6.33. The molecular formula is C12H10ClNO. The van der Waals surface area contributed by atoms with Gasteiger partial charge in [-0.05, 0) is 18.2 Å². The lowest BCUT2D eigenvalue weighted by Crippen LogP contribution is -1.90. The Morgan fingerprint density at radius 2 is 1.93 bits per heavy atom. The van der Waals surface area contributed by atoms with E-state index in [1.165, 1.54) is 0 Å². The van der Waals surface area contributed by atoms with Crippen molar-refractivity contribution >= 4 is 11.6 Å². The summed E-state index contributed by atoms with van der Waals surface area (Å²) in [6.45, 7) is 0. The van der Waals surface area contributed by atoms with E-state index in [1.807, 2.05) is 36.4 Å². The second-order valence-electron chi connectivity index (χ2n) is 3.03. The molecule has 76 valence electrons. The molecule has 2 nitrogen and oxygen atoms in total. The zero-order chi connectivity index (χ0) is 10.7. The topological polar surface area (TPSA) is 22.1 Å². The lowest BCUT2D eigenvalue weighted by Gasteiger charge is -2.07. The van der Waals surface area contributed by atoms with Crippen molar-refractivity contribution in [3.8, 4) is 17.0 Å². The Balaban J connectivity index is 2.59. The van der Waals surface area contributed by atoms with Crippen molar-refractivity contribution < 1.29 is 4.74 Å². The maximum Gasteiger partial charge on any atom is 0.145 e. The van der Waals surface area contributed by atoms with Crippen molar-refractivity contribution in [2.45, 2.75) is 0 Å². The van der Waals surface area contributed by atoms with Gasteiger partial charge in [0.05, 0.1) is 12.1 Å². The average molecular weight is 220 g/mol. The number of hydrogen-bond donors (Lipinski definition) is 0. The summed E-state index contributed by atoms with van der Waals surface area (Å²) in [6.07, 6.45) is 1.72. The molecule has 1 heterocycles. The van der Waals surface area contributed by atoms with Crippen LogP contribution in [0.4, 0.5) is 0 Å². The fourth-order valence-corrected chi connectivity index (χ4v) is 1.64. The summed E-state index contributed by atoms with van der Waals surface area (Å²) < 4.78 is 5.23. The minimum atomic E-state index is 0.675. The molecule has 0 aliphatic rings. The number of nitrogens with zero attached hydrogens (tertiary/aromatic N) is 1. The summed E-state index contributed by atoms with van der Waals surface area (Å²) in [6, 6.07) is 11.3. The van der Waals surface area contributed by atoms with Crippen molar-refractivity contribution in [2.75, 3.05) is 7.11 Å². The summed E-state index contributed by atoms with van der Waals surface area (Å²) in [5.74, 6) is 0.727. The maximum absolute atomic E-state index is 6.09. The summed E-state index contributed by atoms with van der Waals surface area (Å²) >= 11 is 6.09. The van der Waals surface area contributed by atoms with Crippen LogP contribution >= 0.6 is 11.6 Å². The molecule has 0 aliphatic carbocycles. The lowest BCUT2D eigenvalue weighted by molar-refractivity contribution is 0.415. The molecule has 0 spiro atoms. The monoisotopic (exact) mass is 219 g/mol. The van der Waals surface area contributed by atoms with E-state index < -0.39 is 0 Å². The molecule has 2 aromatic rings.